The standard InChI is InChI=1S/C12H21N3/c1-3-11(14-2)6-4-5-10-9-15-8-7-12(10)13/h7-9,11,14H,3-6H2,1-2H3,(H2,13,15). The minimum absolute atomic E-state index is 0.628. The molecule has 0 aromatic carbocycles. The van der Waals surface area contributed by atoms with Crippen molar-refractivity contribution in [3.8, 4) is 0 Å². The summed E-state index contributed by atoms with van der Waals surface area (Å²) >= 11 is 0. The zero-order valence-electron chi connectivity index (χ0n) is 9.66. The van der Waals surface area contributed by atoms with E-state index in [-0.39, 0.29) is 0 Å². The van der Waals surface area contributed by atoms with Crippen LogP contribution in [0.3, 0.4) is 0 Å². The maximum absolute atomic E-state index is 5.85. The number of hydrogen-bond acceptors (Lipinski definition) is 3. The van der Waals surface area contributed by atoms with Crippen LogP contribution in [0.1, 0.15) is 31.7 Å². The van der Waals surface area contributed by atoms with Crippen LogP contribution in [0.2, 0.25) is 0 Å². The number of hydrogen-bond donors (Lipinski definition) is 2. The van der Waals surface area contributed by atoms with Gasteiger partial charge in [0.2, 0.25) is 0 Å². The van der Waals surface area contributed by atoms with Crippen LogP contribution in [0.5, 0.6) is 0 Å². The van der Waals surface area contributed by atoms with Crippen LogP contribution in [0.4, 0.5) is 5.69 Å². The number of nitrogens with two attached hydrogens (primary N) is 1. The van der Waals surface area contributed by atoms with Gasteiger partial charge in [-0.1, -0.05) is 6.92 Å². The summed E-state index contributed by atoms with van der Waals surface area (Å²) in [6.07, 6.45) is 8.17. The number of rotatable bonds is 6. The Balaban J connectivity index is 2.34. The molecule has 3 nitrogen and oxygen atoms in total. The summed E-state index contributed by atoms with van der Waals surface area (Å²) in [6.45, 7) is 2.21. The highest BCUT2D eigenvalue weighted by molar-refractivity contribution is 5.44. The first-order valence-electron chi connectivity index (χ1n) is 5.63. The van der Waals surface area contributed by atoms with E-state index in [1.165, 1.54) is 18.4 Å². The molecular weight excluding hydrogens is 186 g/mol. The Kier molecular flexibility index (Phi) is 5.12. The molecule has 1 heterocycles. The van der Waals surface area contributed by atoms with Crippen LogP contribution >= 0.6 is 0 Å². The second kappa shape index (κ2) is 6.40. The van der Waals surface area contributed by atoms with E-state index in [1.54, 1.807) is 6.20 Å². The average molecular weight is 207 g/mol. The molecule has 84 valence electrons. The SMILES string of the molecule is CCC(CCCc1cnccc1N)NC. The first kappa shape index (κ1) is 12.0. The van der Waals surface area contributed by atoms with Crippen molar-refractivity contribution < 1.29 is 0 Å². The van der Waals surface area contributed by atoms with Crippen LogP contribution in [-0.2, 0) is 6.42 Å². The molecule has 3 heteroatoms. The Morgan fingerprint density at radius 3 is 2.93 bits per heavy atom. The average Bonchev–Trinajstić information content (AvgIpc) is 2.27. The van der Waals surface area contributed by atoms with Crippen LogP contribution in [0, 0.1) is 0 Å². The smallest absolute Gasteiger partial charge is 0.0377 e. The number of aryl methyl sites for hydroxylation is 1. The molecule has 0 amide bonds. The second-order valence-corrected chi connectivity index (χ2v) is 3.86. The fourth-order valence-electron chi connectivity index (χ4n) is 1.74. The molecule has 0 bridgehead atoms. The number of aromatic nitrogens is 1. The van der Waals surface area contributed by atoms with Crippen LogP contribution in [-0.4, -0.2) is 18.1 Å². The number of anilines is 1. The number of nitrogen functional groups attached to an aromatic ring is 1. The summed E-state index contributed by atoms with van der Waals surface area (Å²) in [5.41, 5.74) is 7.88. The summed E-state index contributed by atoms with van der Waals surface area (Å²) in [7, 11) is 2.02. The van der Waals surface area contributed by atoms with Gasteiger partial charge in [-0.3, -0.25) is 4.98 Å². The Bertz CT molecular complexity index is 282. The highest BCUT2D eigenvalue weighted by Gasteiger charge is 2.03. The van der Waals surface area contributed by atoms with Crippen molar-refractivity contribution in [1.82, 2.24) is 10.3 Å². The van der Waals surface area contributed by atoms with E-state index < -0.39 is 0 Å². The molecule has 0 fully saturated rings. The van der Waals surface area contributed by atoms with Gasteiger partial charge in [-0.05, 0) is 44.4 Å². The van der Waals surface area contributed by atoms with E-state index in [1.807, 2.05) is 19.3 Å². The third-order valence-electron chi connectivity index (χ3n) is 2.84. The molecule has 0 saturated heterocycles. The zero-order chi connectivity index (χ0) is 11.1. The largest absolute Gasteiger partial charge is 0.398 e. The fourth-order valence-corrected chi connectivity index (χ4v) is 1.74. The highest BCUT2D eigenvalue weighted by atomic mass is 14.9. The van der Waals surface area contributed by atoms with Crippen molar-refractivity contribution in [1.29, 1.82) is 0 Å². The molecular formula is C12H21N3. The minimum atomic E-state index is 0.628. The lowest BCUT2D eigenvalue weighted by Crippen LogP contribution is -2.24. The number of pyridine rings is 1. The molecule has 1 rings (SSSR count). The fraction of sp³-hybridized carbons (Fsp3) is 0.583. The van der Waals surface area contributed by atoms with E-state index in [9.17, 15) is 0 Å². The number of nitrogens with one attached hydrogen (secondary N) is 1. The van der Waals surface area contributed by atoms with Gasteiger partial charge in [0.1, 0.15) is 0 Å². The van der Waals surface area contributed by atoms with Crippen molar-refractivity contribution in [3.05, 3.63) is 24.0 Å². The lowest BCUT2D eigenvalue weighted by molar-refractivity contribution is 0.492. The summed E-state index contributed by atoms with van der Waals surface area (Å²) < 4.78 is 0. The summed E-state index contributed by atoms with van der Waals surface area (Å²) in [4.78, 5) is 4.09. The predicted octanol–water partition coefficient (Wildman–Crippen LogP) is 1.98. The van der Waals surface area contributed by atoms with Crippen molar-refractivity contribution in [2.24, 2.45) is 0 Å². The third kappa shape index (κ3) is 3.88. The topological polar surface area (TPSA) is 50.9 Å². The van der Waals surface area contributed by atoms with E-state index in [0.717, 1.165) is 18.5 Å². The van der Waals surface area contributed by atoms with E-state index in [2.05, 4.69) is 17.2 Å². The van der Waals surface area contributed by atoms with Gasteiger partial charge in [0, 0.05) is 24.1 Å². The van der Waals surface area contributed by atoms with Crippen LogP contribution in [0.25, 0.3) is 0 Å². The van der Waals surface area contributed by atoms with Gasteiger partial charge in [-0.2, -0.15) is 0 Å². The quantitative estimate of drug-likeness (QED) is 0.750. The molecule has 15 heavy (non-hydrogen) atoms. The van der Waals surface area contributed by atoms with Gasteiger partial charge in [-0.25, -0.2) is 0 Å². The van der Waals surface area contributed by atoms with E-state index >= 15 is 0 Å². The predicted molar refractivity (Wildman–Crippen MR) is 64.7 cm³/mol. The van der Waals surface area contributed by atoms with Crippen molar-refractivity contribution in [3.63, 3.8) is 0 Å². The van der Waals surface area contributed by atoms with Crippen molar-refractivity contribution >= 4 is 5.69 Å². The Morgan fingerprint density at radius 2 is 2.33 bits per heavy atom. The summed E-state index contributed by atoms with van der Waals surface area (Å²) in [5, 5.41) is 3.31. The molecule has 0 saturated carbocycles. The normalized spacial score (nSPS) is 12.7. The van der Waals surface area contributed by atoms with Gasteiger partial charge < -0.3 is 11.1 Å². The highest BCUT2D eigenvalue weighted by Crippen LogP contribution is 2.13. The Labute approximate surface area is 92.1 Å². The Morgan fingerprint density at radius 1 is 1.53 bits per heavy atom. The molecule has 1 atom stereocenters. The maximum Gasteiger partial charge on any atom is 0.0377 e. The Hall–Kier alpha value is -1.09. The van der Waals surface area contributed by atoms with Gasteiger partial charge in [0.15, 0.2) is 0 Å². The molecule has 1 aromatic rings. The lowest BCUT2D eigenvalue weighted by atomic mass is 10.0. The van der Waals surface area contributed by atoms with Crippen molar-refractivity contribution in [2.45, 2.75) is 38.6 Å². The molecule has 0 radical (unpaired) electrons. The van der Waals surface area contributed by atoms with Crippen molar-refractivity contribution in [2.75, 3.05) is 12.8 Å². The summed E-state index contributed by atoms with van der Waals surface area (Å²) in [6, 6.07) is 2.49. The molecule has 0 aliphatic heterocycles. The third-order valence-corrected chi connectivity index (χ3v) is 2.84. The molecule has 1 unspecified atom stereocenters. The molecule has 0 aliphatic rings. The molecule has 3 N–H and O–H groups in total. The first-order valence-corrected chi connectivity index (χ1v) is 5.63. The lowest BCUT2D eigenvalue weighted by Gasteiger charge is -2.13. The second-order valence-electron chi connectivity index (χ2n) is 3.86. The van der Waals surface area contributed by atoms with Crippen LogP contribution in [0.15, 0.2) is 18.5 Å². The van der Waals surface area contributed by atoms with Crippen LogP contribution < -0.4 is 11.1 Å². The molecule has 1 aromatic heterocycles. The monoisotopic (exact) mass is 207 g/mol. The van der Waals surface area contributed by atoms with E-state index in [0.29, 0.717) is 6.04 Å². The first-order chi connectivity index (χ1) is 7.27. The van der Waals surface area contributed by atoms with E-state index in [4.69, 9.17) is 5.73 Å². The van der Waals surface area contributed by atoms with Gasteiger partial charge in [0.25, 0.3) is 0 Å². The zero-order valence-corrected chi connectivity index (χ0v) is 9.66. The summed E-state index contributed by atoms with van der Waals surface area (Å²) in [5.74, 6) is 0. The minimum Gasteiger partial charge on any atom is -0.398 e. The maximum atomic E-state index is 5.85. The number of nitrogens with zero attached hydrogens (tertiary/aromatic N) is 1. The van der Waals surface area contributed by atoms with Gasteiger partial charge in [-0.15, -0.1) is 0 Å². The molecule has 0 spiro atoms. The molecule has 0 aliphatic carbocycles. The van der Waals surface area contributed by atoms with Gasteiger partial charge >= 0.3 is 0 Å². The van der Waals surface area contributed by atoms with Gasteiger partial charge in [0.05, 0.1) is 0 Å².